The zero-order valence-electron chi connectivity index (χ0n) is 14.9. The van der Waals surface area contributed by atoms with Gasteiger partial charge in [0.25, 0.3) is 0 Å². The van der Waals surface area contributed by atoms with Gasteiger partial charge in [-0.25, -0.2) is 4.79 Å². The molecule has 1 aromatic rings. The van der Waals surface area contributed by atoms with Crippen molar-refractivity contribution >= 4 is 29.2 Å². The lowest BCUT2D eigenvalue weighted by Gasteiger charge is -2.19. The summed E-state index contributed by atoms with van der Waals surface area (Å²) in [5, 5.41) is 6.38. The lowest BCUT2D eigenvalue weighted by Crippen LogP contribution is -2.44. The Kier molecular flexibility index (Phi) is 7.52. The zero-order valence-corrected chi connectivity index (χ0v) is 15.7. The van der Waals surface area contributed by atoms with Crippen LogP contribution in [0, 0.1) is 0 Å². The Balaban J connectivity index is 1.73. The van der Waals surface area contributed by atoms with Gasteiger partial charge in [-0.2, -0.15) is 0 Å². The SMILES string of the molecule is CCN(CC)CCCNC(=O)N[C@@H]1CC(=O)N(c2ccc(Cl)cc2)C1. The first-order valence-electron chi connectivity index (χ1n) is 8.86. The maximum atomic E-state index is 12.2. The van der Waals surface area contributed by atoms with Gasteiger partial charge >= 0.3 is 6.03 Å². The first-order valence-corrected chi connectivity index (χ1v) is 9.24. The summed E-state index contributed by atoms with van der Waals surface area (Å²) >= 11 is 5.88. The lowest BCUT2D eigenvalue weighted by molar-refractivity contribution is -0.117. The number of benzene rings is 1. The number of hydrogen-bond donors (Lipinski definition) is 2. The minimum atomic E-state index is -0.213. The third-order valence-corrected chi connectivity index (χ3v) is 4.68. The van der Waals surface area contributed by atoms with Crippen LogP contribution in [0.3, 0.4) is 0 Å². The van der Waals surface area contributed by atoms with Crippen molar-refractivity contribution in [2.45, 2.75) is 32.7 Å². The van der Waals surface area contributed by atoms with Crippen molar-refractivity contribution in [1.82, 2.24) is 15.5 Å². The van der Waals surface area contributed by atoms with Gasteiger partial charge < -0.3 is 20.4 Å². The Morgan fingerprint density at radius 1 is 1.28 bits per heavy atom. The normalized spacial score (nSPS) is 17.2. The van der Waals surface area contributed by atoms with E-state index in [1.165, 1.54) is 0 Å². The fourth-order valence-electron chi connectivity index (χ4n) is 2.96. The van der Waals surface area contributed by atoms with Gasteiger partial charge in [0.05, 0.1) is 6.04 Å². The Morgan fingerprint density at radius 2 is 1.96 bits per heavy atom. The molecule has 1 fully saturated rings. The standard InChI is InChI=1S/C18H27ClN4O2/c1-3-22(4-2)11-5-10-20-18(25)21-15-12-17(24)23(13-15)16-8-6-14(19)7-9-16/h6-9,15H,3-5,10-13H2,1-2H3,(H2,20,21,25)/t15-/m1/s1. The van der Waals surface area contributed by atoms with Crippen LogP contribution in [-0.2, 0) is 4.79 Å². The average Bonchev–Trinajstić information content (AvgIpc) is 2.96. The maximum absolute atomic E-state index is 12.2. The second kappa shape index (κ2) is 9.63. The van der Waals surface area contributed by atoms with Gasteiger partial charge in [-0.3, -0.25) is 4.79 Å². The monoisotopic (exact) mass is 366 g/mol. The number of nitrogens with one attached hydrogen (secondary N) is 2. The molecule has 0 radical (unpaired) electrons. The third kappa shape index (κ3) is 5.90. The Morgan fingerprint density at radius 3 is 2.60 bits per heavy atom. The summed E-state index contributed by atoms with van der Waals surface area (Å²) in [6.07, 6.45) is 1.23. The molecule has 1 aromatic carbocycles. The second-order valence-electron chi connectivity index (χ2n) is 6.16. The van der Waals surface area contributed by atoms with Gasteiger partial charge in [0.2, 0.25) is 5.91 Å². The molecule has 1 atom stereocenters. The van der Waals surface area contributed by atoms with E-state index in [4.69, 9.17) is 11.6 Å². The number of nitrogens with zero attached hydrogens (tertiary/aromatic N) is 2. The van der Waals surface area contributed by atoms with Crippen LogP contribution in [0.1, 0.15) is 26.7 Å². The van der Waals surface area contributed by atoms with E-state index >= 15 is 0 Å². The fraction of sp³-hybridized carbons (Fsp3) is 0.556. The van der Waals surface area contributed by atoms with Crippen molar-refractivity contribution in [1.29, 1.82) is 0 Å². The highest BCUT2D eigenvalue weighted by molar-refractivity contribution is 6.30. The van der Waals surface area contributed by atoms with Crippen LogP contribution in [0.5, 0.6) is 0 Å². The first-order chi connectivity index (χ1) is 12.0. The van der Waals surface area contributed by atoms with Gasteiger partial charge in [0.1, 0.15) is 0 Å². The smallest absolute Gasteiger partial charge is 0.315 e. The van der Waals surface area contributed by atoms with E-state index in [2.05, 4.69) is 29.4 Å². The predicted octanol–water partition coefficient (Wildman–Crippen LogP) is 2.48. The number of amides is 3. The van der Waals surface area contributed by atoms with E-state index in [1.54, 1.807) is 17.0 Å². The molecule has 0 spiro atoms. The molecule has 0 aromatic heterocycles. The van der Waals surface area contributed by atoms with Gasteiger partial charge in [-0.15, -0.1) is 0 Å². The number of hydrogen-bond acceptors (Lipinski definition) is 3. The molecule has 2 N–H and O–H groups in total. The van der Waals surface area contributed by atoms with E-state index in [9.17, 15) is 9.59 Å². The van der Waals surface area contributed by atoms with E-state index in [-0.39, 0.29) is 18.0 Å². The highest BCUT2D eigenvalue weighted by atomic mass is 35.5. The number of urea groups is 1. The van der Waals surface area contributed by atoms with Gasteiger partial charge in [0, 0.05) is 30.2 Å². The molecule has 3 amide bonds. The first kappa shape index (κ1) is 19.5. The minimum Gasteiger partial charge on any atom is -0.338 e. The second-order valence-corrected chi connectivity index (χ2v) is 6.60. The van der Waals surface area contributed by atoms with Crippen LogP contribution < -0.4 is 15.5 Å². The predicted molar refractivity (Wildman–Crippen MR) is 101 cm³/mol. The summed E-state index contributed by atoms with van der Waals surface area (Å²) in [5.74, 6) is 0.00848. The molecule has 0 bridgehead atoms. The molecule has 1 aliphatic rings. The van der Waals surface area contributed by atoms with Crippen LogP contribution in [0.2, 0.25) is 5.02 Å². The summed E-state index contributed by atoms with van der Waals surface area (Å²) < 4.78 is 0. The highest BCUT2D eigenvalue weighted by Gasteiger charge is 2.31. The minimum absolute atomic E-state index is 0.00848. The van der Waals surface area contributed by atoms with Crippen molar-refractivity contribution in [3.8, 4) is 0 Å². The summed E-state index contributed by atoms with van der Waals surface area (Å²) in [6, 6.07) is 6.76. The third-order valence-electron chi connectivity index (χ3n) is 4.43. The van der Waals surface area contributed by atoms with E-state index < -0.39 is 0 Å². The Labute approximate surface area is 154 Å². The summed E-state index contributed by atoms with van der Waals surface area (Å²) in [7, 11) is 0. The molecule has 1 heterocycles. The lowest BCUT2D eigenvalue weighted by atomic mass is 10.2. The molecule has 25 heavy (non-hydrogen) atoms. The molecular formula is C18H27ClN4O2. The molecule has 1 saturated heterocycles. The molecule has 0 unspecified atom stereocenters. The van der Waals surface area contributed by atoms with Crippen molar-refractivity contribution < 1.29 is 9.59 Å². The summed E-state index contributed by atoms with van der Waals surface area (Å²) in [5.41, 5.74) is 0.804. The Hall–Kier alpha value is -1.79. The molecule has 0 aliphatic carbocycles. The van der Waals surface area contributed by atoms with Crippen molar-refractivity contribution in [2.24, 2.45) is 0 Å². The molecule has 7 heteroatoms. The van der Waals surface area contributed by atoms with E-state index in [0.717, 1.165) is 31.7 Å². The number of carbonyl (C=O) groups excluding carboxylic acids is 2. The molecule has 0 saturated carbocycles. The molecule has 2 rings (SSSR count). The number of halogens is 1. The van der Waals surface area contributed by atoms with E-state index in [1.807, 2.05) is 12.1 Å². The molecule has 1 aliphatic heterocycles. The van der Waals surface area contributed by atoms with Crippen molar-refractivity contribution in [2.75, 3.05) is 37.6 Å². The van der Waals surface area contributed by atoms with Gasteiger partial charge in [0.15, 0.2) is 0 Å². The van der Waals surface area contributed by atoms with Crippen molar-refractivity contribution in [3.05, 3.63) is 29.3 Å². The average molecular weight is 367 g/mol. The largest absolute Gasteiger partial charge is 0.338 e. The Bertz CT molecular complexity index is 575. The van der Waals surface area contributed by atoms with Gasteiger partial charge in [-0.05, 0) is 50.3 Å². The highest BCUT2D eigenvalue weighted by Crippen LogP contribution is 2.23. The molecule has 138 valence electrons. The van der Waals surface area contributed by atoms with Crippen LogP contribution in [0.4, 0.5) is 10.5 Å². The maximum Gasteiger partial charge on any atom is 0.315 e. The summed E-state index contributed by atoms with van der Waals surface area (Å²) in [6.45, 7) is 8.39. The van der Waals surface area contributed by atoms with E-state index in [0.29, 0.717) is 24.5 Å². The molecular weight excluding hydrogens is 340 g/mol. The number of carbonyl (C=O) groups is 2. The van der Waals surface area contributed by atoms with Crippen LogP contribution >= 0.6 is 11.6 Å². The number of rotatable bonds is 8. The van der Waals surface area contributed by atoms with Crippen molar-refractivity contribution in [3.63, 3.8) is 0 Å². The quantitative estimate of drug-likeness (QED) is 0.695. The van der Waals surface area contributed by atoms with Crippen LogP contribution in [-0.4, -0.2) is 55.6 Å². The zero-order chi connectivity index (χ0) is 18.2. The van der Waals surface area contributed by atoms with Gasteiger partial charge in [-0.1, -0.05) is 25.4 Å². The number of anilines is 1. The fourth-order valence-corrected chi connectivity index (χ4v) is 3.08. The molecule has 6 nitrogen and oxygen atoms in total. The summed E-state index contributed by atoms with van der Waals surface area (Å²) in [4.78, 5) is 28.2. The van der Waals surface area contributed by atoms with Crippen LogP contribution in [0.15, 0.2) is 24.3 Å². The van der Waals surface area contributed by atoms with Crippen LogP contribution in [0.25, 0.3) is 0 Å². The topological polar surface area (TPSA) is 64.7 Å².